The third kappa shape index (κ3) is 3.91. The van der Waals surface area contributed by atoms with Crippen LogP contribution in [0.1, 0.15) is 12.8 Å². The number of nitrogens with one attached hydrogen (secondary N) is 1. The molecule has 0 saturated heterocycles. The quantitative estimate of drug-likeness (QED) is 0.592. The van der Waals surface area contributed by atoms with Gasteiger partial charge in [0.2, 0.25) is 0 Å². The first-order chi connectivity index (χ1) is 9.29. The fourth-order valence-corrected chi connectivity index (χ4v) is 1.89. The third-order valence-corrected chi connectivity index (χ3v) is 2.98. The summed E-state index contributed by atoms with van der Waals surface area (Å²) in [7, 11) is 1.64. The van der Waals surface area contributed by atoms with Gasteiger partial charge in [0.1, 0.15) is 5.75 Å². The molecule has 2 aromatic rings. The number of anilines is 2. The van der Waals surface area contributed by atoms with E-state index in [-0.39, 0.29) is 0 Å². The van der Waals surface area contributed by atoms with Gasteiger partial charge in [0.15, 0.2) is 0 Å². The number of hydrogen-bond acceptors (Lipinski definition) is 4. The molecule has 3 N–H and O–H groups in total. The molecule has 0 radical (unpaired) electrons. The Labute approximate surface area is 113 Å². The number of rotatable bonds is 7. The van der Waals surface area contributed by atoms with Gasteiger partial charge < -0.3 is 20.4 Å². The molecular weight excluding hydrogens is 240 g/mol. The number of nitrogens with two attached hydrogens (primary N) is 1. The number of nitrogen functional groups attached to an aromatic ring is 1. The Bertz CT molecular complexity index is 496. The molecule has 2 rings (SSSR count). The smallest absolute Gasteiger partial charge is 0.121 e. The van der Waals surface area contributed by atoms with Gasteiger partial charge in [0.05, 0.1) is 24.8 Å². The third-order valence-electron chi connectivity index (χ3n) is 2.98. The van der Waals surface area contributed by atoms with E-state index in [1.165, 1.54) is 0 Å². The average molecular weight is 260 g/mol. The molecule has 0 bridgehead atoms. The van der Waals surface area contributed by atoms with E-state index in [0.717, 1.165) is 37.4 Å². The predicted octanol–water partition coefficient (Wildman–Crippen LogP) is 2.37. The van der Waals surface area contributed by atoms with Gasteiger partial charge >= 0.3 is 0 Å². The SMILES string of the molecule is COc1ccc(NCCCCn2ccnc2)c(N)c1. The summed E-state index contributed by atoms with van der Waals surface area (Å²) in [6.07, 6.45) is 7.82. The highest BCUT2D eigenvalue weighted by Crippen LogP contribution is 2.23. The molecule has 1 heterocycles. The van der Waals surface area contributed by atoms with Crippen LogP contribution in [0.4, 0.5) is 11.4 Å². The molecule has 0 spiro atoms. The number of aromatic nitrogens is 2. The van der Waals surface area contributed by atoms with Crippen molar-refractivity contribution in [1.29, 1.82) is 0 Å². The minimum absolute atomic E-state index is 0.717. The van der Waals surface area contributed by atoms with Crippen LogP contribution in [-0.4, -0.2) is 23.2 Å². The van der Waals surface area contributed by atoms with E-state index >= 15 is 0 Å². The zero-order valence-electron chi connectivity index (χ0n) is 11.2. The van der Waals surface area contributed by atoms with E-state index in [0.29, 0.717) is 5.69 Å². The molecule has 0 unspecified atom stereocenters. The van der Waals surface area contributed by atoms with Crippen LogP contribution in [0.2, 0.25) is 0 Å². The highest BCUT2D eigenvalue weighted by Gasteiger charge is 2.00. The van der Waals surface area contributed by atoms with Crippen molar-refractivity contribution in [2.75, 3.05) is 24.7 Å². The summed E-state index contributed by atoms with van der Waals surface area (Å²) < 4.78 is 7.20. The van der Waals surface area contributed by atoms with Crippen molar-refractivity contribution < 1.29 is 4.74 Å². The van der Waals surface area contributed by atoms with Gasteiger partial charge in [-0.25, -0.2) is 4.98 Å². The van der Waals surface area contributed by atoms with Crippen molar-refractivity contribution in [2.24, 2.45) is 0 Å². The molecule has 1 aromatic heterocycles. The number of hydrogen-bond donors (Lipinski definition) is 2. The summed E-state index contributed by atoms with van der Waals surface area (Å²) in [5.41, 5.74) is 7.61. The van der Waals surface area contributed by atoms with E-state index in [1.54, 1.807) is 13.3 Å². The molecule has 0 aliphatic carbocycles. The molecule has 1 aromatic carbocycles. The number of aryl methyl sites for hydroxylation is 1. The zero-order chi connectivity index (χ0) is 13.5. The summed E-state index contributed by atoms with van der Waals surface area (Å²) in [6, 6.07) is 5.68. The minimum Gasteiger partial charge on any atom is -0.497 e. The van der Waals surface area contributed by atoms with Crippen LogP contribution in [0.25, 0.3) is 0 Å². The molecular formula is C14H20N4O. The zero-order valence-corrected chi connectivity index (χ0v) is 11.2. The maximum absolute atomic E-state index is 5.93. The van der Waals surface area contributed by atoms with E-state index in [2.05, 4.69) is 14.9 Å². The Kier molecular flexibility index (Phi) is 4.66. The van der Waals surface area contributed by atoms with Crippen molar-refractivity contribution >= 4 is 11.4 Å². The second-order valence-electron chi connectivity index (χ2n) is 4.39. The van der Waals surface area contributed by atoms with Gasteiger partial charge in [-0.15, -0.1) is 0 Å². The van der Waals surface area contributed by atoms with Gasteiger partial charge in [0.25, 0.3) is 0 Å². The van der Waals surface area contributed by atoms with Crippen LogP contribution in [0.15, 0.2) is 36.9 Å². The summed E-state index contributed by atoms with van der Waals surface area (Å²) in [4.78, 5) is 4.02. The fraction of sp³-hybridized carbons (Fsp3) is 0.357. The Morgan fingerprint density at radius 2 is 2.26 bits per heavy atom. The van der Waals surface area contributed by atoms with Crippen LogP contribution in [0, 0.1) is 0 Å². The number of benzene rings is 1. The predicted molar refractivity (Wildman–Crippen MR) is 77.4 cm³/mol. The van der Waals surface area contributed by atoms with Gasteiger partial charge in [-0.1, -0.05) is 0 Å². The first-order valence-electron chi connectivity index (χ1n) is 6.42. The number of nitrogens with zero attached hydrogens (tertiary/aromatic N) is 2. The largest absolute Gasteiger partial charge is 0.497 e. The van der Waals surface area contributed by atoms with Crippen LogP contribution >= 0.6 is 0 Å². The Morgan fingerprint density at radius 1 is 1.37 bits per heavy atom. The van der Waals surface area contributed by atoms with Crippen molar-refractivity contribution in [3.63, 3.8) is 0 Å². The lowest BCUT2D eigenvalue weighted by atomic mass is 10.2. The van der Waals surface area contributed by atoms with Crippen molar-refractivity contribution in [2.45, 2.75) is 19.4 Å². The molecule has 102 valence electrons. The highest BCUT2D eigenvalue weighted by molar-refractivity contribution is 5.68. The van der Waals surface area contributed by atoms with Crippen molar-refractivity contribution in [3.05, 3.63) is 36.9 Å². The van der Waals surface area contributed by atoms with Gasteiger partial charge in [-0.3, -0.25) is 0 Å². The number of imidazole rings is 1. The minimum atomic E-state index is 0.717. The molecule has 5 heteroatoms. The van der Waals surface area contributed by atoms with Crippen LogP contribution in [0.3, 0.4) is 0 Å². The molecule has 5 nitrogen and oxygen atoms in total. The summed E-state index contributed by atoms with van der Waals surface area (Å²) >= 11 is 0. The lowest BCUT2D eigenvalue weighted by molar-refractivity contribution is 0.415. The van der Waals surface area contributed by atoms with E-state index in [9.17, 15) is 0 Å². The number of ether oxygens (including phenoxy) is 1. The van der Waals surface area contributed by atoms with Gasteiger partial charge in [0, 0.05) is 31.5 Å². The molecule has 0 aliphatic rings. The number of unbranched alkanes of at least 4 members (excludes halogenated alkanes) is 1. The Hall–Kier alpha value is -2.17. The molecule has 0 aliphatic heterocycles. The normalized spacial score (nSPS) is 10.4. The standard InChI is InChI=1S/C14H20N4O/c1-19-12-4-5-14(13(15)10-12)17-6-2-3-8-18-9-7-16-11-18/h4-5,7,9-11,17H,2-3,6,8,15H2,1H3. The monoisotopic (exact) mass is 260 g/mol. The molecule has 0 saturated carbocycles. The Balaban J connectivity index is 1.70. The molecule has 0 amide bonds. The van der Waals surface area contributed by atoms with E-state index < -0.39 is 0 Å². The van der Waals surface area contributed by atoms with Crippen LogP contribution < -0.4 is 15.8 Å². The summed E-state index contributed by atoms with van der Waals surface area (Å²) in [5, 5.41) is 3.34. The Morgan fingerprint density at radius 3 is 2.95 bits per heavy atom. The first-order valence-corrected chi connectivity index (χ1v) is 6.42. The average Bonchev–Trinajstić information content (AvgIpc) is 2.93. The summed E-state index contributed by atoms with van der Waals surface area (Å²) in [5.74, 6) is 0.781. The van der Waals surface area contributed by atoms with Crippen LogP contribution in [-0.2, 0) is 6.54 Å². The summed E-state index contributed by atoms with van der Waals surface area (Å²) in [6.45, 7) is 1.91. The highest BCUT2D eigenvalue weighted by atomic mass is 16.5. The lowest BCUT2D eigenvalue weighted by Gasteiger charge is -2.10. The topological polar surface area (TPSA) is 65.1 Å². The van der Waals surface area contributed by atoms with Gasteiger partial charge in [-0.05, 0) is 25.0 Å². The van der Waals surface area contributed by atoms with Crippen molar-refractivity contribution in [3.8, 4) is 5.75 Å². The van der Waals surface area contributed by atoms with Gasteiger partial charge in [-0.2, -0.15) is 0 Å². The first kappa shape index (κ1) is 13.3. The maximum atomic E-state index is 5.93. The van der Waals surface area contributed by atoms with Crippen LogP contribution in [0.5, 0.6) is 5.75 Å². The molecule has 0 fully saturated rings. The molecule has 0 atom stereocenters. The number of methoxy groups -OCH3 is 1. The fourth-order valence-electron chi connectivity index (χ4n) is 1.89. The van der Waals surface area contributed by atoms with Crippen molar-refractivity contribution in [1.82, 2.24) is 9.55 Å². The second kappa shape index (κ2) is 6.68. The molecule has 19 heavy (non-hydrogen) atoms. The van der Waals surface area contributed by atoms with E-state index in [1.807, 2.05) is 30.7 Å². The lowest BCUT2D eigenvalue weighted by Crippen LogP contribution is -2.05. The maximum Gasteiger partial charge on any atom is 0.121 e. The second-order valence-corrected chi connectivity index (χ2v) is 4.39. The van der Waals surface area contributed by atoms with E-state index in [4.69, 9.17) is 10.5 Å².